The van der Waals surface area contributed by atoms with Gasteiger partial charge in [-0.1, -0.05) is 60.1 Å². The minimum Gasteiger partial charge on any atom is -0.259 e. The Bertz CT molecular complexity index is 590. The molecule has 2 aromatic rings. The van der Waals surface area contributed by atoms with E-state index in [9.17, 15) is 0 Å². The molecule has 1 aromatic carbocycles. The molecule has 1 nitrogen and oxygen atoms in total. The number of alkyl halides is 2. The highest BCUT2D eigenvalue weighted by atomic mass is 127. The summed E-state index contributed by atoms with van der Waals surface area (Å²) in [6.07, 6.45) is 8.42. The lowest BCUT2D eigenvalue weighted by Crippen LogP contribution is -2.23. The zero-order valence-electron chi connectivity index (χ0n) is 10.8. The maximum absolute atomic E-state index is 6.06. The highest BCUT2D eigenvalue weighted by Crippen LogP contribution is 2.46. The molecule has 0 unspecified atom stereocenters. The van der Waals surface area contributed by atoms with Crippen LogP contribution in [0.15, 0.2) is 30.5 Å². The first kappa shape index (κ1) is 13.6. The number of fused-ring (bicyclic) bond motifs is 1. The summed E-state index contributed by atoms with van der Waals surface area (Å²) in [6, 6.07) is 8.51. The van der Waals surface area contributed by atoms with E-state index in [1.165, 1.54) is 54.1 Å². The van der Waals surface area contributed by atoms with Gasteiger partial charge < -0.3 is 0 Å². The van der Waals surface area contributed by atoms with Crippen molar-refractivity contribution < 1.29 is 0 Å². The molecule has 1 fully saturated rings. The number of pyridine rings is 1. The summed E-state index contributed by atoms with van der Waals surface area (Å²) in [5, 5.41) is 2.56. The van der Waals surface area contributed by atoms with Gasteiger partial charge in [0.15, 0.2) is 0 Å². The van der Waals surface area contributed by atoms with E-state index in [2.05, 4.69) is 46.9 Å². The van der Waals surface area contributed by atoms with Crippen LogP contribution in [0.25, 0.3) is 10.8 Å². The van der Waals surface area contributed by atoms with Crippen LogP contribution in [0, 0.1) is 0 Å². The number of hydrogen-bond donors (Lipinski definition) is 0. The van der Waals surface area contributed by atoms with Crippen LogP contribution in [0.2, 0.25) is 0 Å². The van der Waals surface area contributed by atoms with Crippen LogP contribution in [0.4, 0.5) is 0 Å². The Morgan fingerprint density at radius 2 is 1.89 bits per heavy atom. The van der Waals surface area contributed by atoms with Crippen molar-refractivity contribution in [3.05, 3.63) is 41.7 Å². The summed E-state index contributed by atoms with van der Waals surface area (Å²) in [6.45, 7) is 0. The predicted molar refractivity (Wildman–Crippen MR) is 90.1 cm³/mol. The first-order valence-corrected chi connectivity index (χ1v) is 8.48. The fraction of sp³-hybridized carbons (Fsp3) is 0.438. The average molecular weight is 386 g/mol. The Morgan fingerprint density at radius 1 is 1.11 bits per heavy atom. The Balaban J connectivity index is 2.18. The van der Waals surface area contributed by atoms with Gasteiger partial charge in [0.2, 0.25) is 0 Å². The van der Waals surface area contributed by atoms with Gasteiger partial charge in [-0.15, -0.1) is 11.6 Å². The number of rotatable bonds is 2. The van der Waals surface area contributed by atoms with Crippen LogP contribution < -0.4 is 0 Å². The Kier molecular flexibility index (Phi) is 3.99. The van der Waals surface area contributed by atoms with Gasteiger partial charge in [-0.2, -0.15) is 0 Å². The van der Waals surface area contributed by atoms with E-state index in [-0.39, 0.29) is 3.42 Å². The summed E-state index contributed by atoms with van der Waals surface area (Å²) in [5.74, 6) is 0.565. The average Bonchev–Trinajstić information content (AvgIpc) is 2.46. The Hall–Kier alpha value is -0.350. The van der Waals surface area contributed by atoms with Crippen LogP contribution >= 0.6 is 34.2 Å². The maximum atomic E-state index is 6.06. The second-order valence-corrected chi connectivity index (χ2v) is 7.66. The monoisotopic (exact) mass is 385 g/mol. The predicted octanol–water partition coefficient (Wildman–Crippen LogP) is 5.57. The zero-order chi connectivity index (χ0) is 13.3. The minimum atomic E-state index is 0.209. The van der Waals surface area contributed by atoms with Crippen molar-refractivity contribution in [3.63, 3.8) is 0 Å². The van der Waals surface area contributed by atoms with Gasteiger partial charge in [-0.05, 0) is 29.9 Å². The van der Waals surface area contributed by atoms with Gasteiger partial charge >= 0.3 is 0 Å². The van der Waals surface area contributed by atoms with Crippen molar-refractivity contribution in [2.75, 3.05) is 0 Å². The fourth-order valence-electron chi connectivity index (χ4n) is 3.09. The van der Waals surface area contributed by atoms with Crippen LogP contribution in [0.3, 0.4) is 0 Å². The molecule has 3 rings (SSSR count). The Labute approximate surface area is 132 Å². The molecular weight excluding hydrogens is 369 g/mol. The molecule has 1 aliphatic carbocycles. The highest BCUT2D eigenvalue weighted by Gasteiger charge is 2.33. The highest BCUT2D eigenvalue weighted by molar-refractivity contribution is 14.1. The topological polar surface area (TPSA) is 12.9 Å². The van der Waals surface area contributed by atoms with E-state index in [4.69, 9.17) is 16.6 Å². The second-order valence-electron chi connectivity index (χ2n) is 5.33. The third-order valence-corrected chi connectivity index (χ3v) is 5.99. The van der Waals surface area contributed by atoms with Crippen molar-refractivity contribution in [1.82, 2.24) is 4.98 Å². The van der Waals surface area contributed by atoms with Crippen LogP contribution in [0.5, 0.6) is 0 Å². The number of halogens is 2. The lowest BCUT2D eigenvalue weighted by atomic mass is 9.84. The normalized spacial score (nSPS) is 18.6. The van der Waals surface area contributed by atoms with Crippen molar-refractivity contribution in [2.45, 2.75) is 41.4 Å². The lowest BCUT2D eigenvalue weighted by Gasteiger charge is -2.32. The SMILES string of the molecule is ClCc1cccc2c(C3(I)CCCCC3)nccc12. The molecule has 1 aliphatic rings. The van der Waals surface area contributed by atoms with Crippen LogP contribution in [0.1, 0.15) is 43.4 Å². The van der Waals surface area contributed by atoms with E-state index >= 15 is 0 Å². The van der Waals surface area contributed by atoms with E-state index in [0.717, 1.165) is 0 Å². The molecule has 1 aromatic heterocycles. The summed E-state index contributed by atoms with van der Waals surface area (Å²) >= 11 is 8.69. The smallest absolute Gasteiger partial charge is 0.0648 e. The molecule has 0 saturated heterocycles. The van der Waals surface area contributed by atoms with Gasteiger partial charge in [0.1, 0.15) is 0 Å². The van der Waals surface area contributed by atoms with E-state index in [1.54, 1.807) is 0 Å². The van der Waals surface area contributed by atoms with E-state index in [1.807, 2.05) is 6.20 Å². The van der Waals surface area contributed by atoms with Crippen molar-refractivity contribution in [1.29, 1.82) is 0 Å². The quantitative estimate of drug-likeness (QED) is 0.486. The third-order valence-electron chi connectivity index (χ3n) is 4.11. The maximum Gasteiger partial charge on any atom is 0.0648 e. The summed E-state index contributed by atoms with van der Waals surface area (Å²) in [4.78, 5) is 4.73. The molecule has 100 valence electrons. The molecule has 0 atom stereocenters. The van der Waals surface area contributed by atoms with Gasteiger partial charge in [0.25, 0.3) is 0 Å². The fourth-order valence-corrected chi connectivity index (χ4v) is 4.52. The molecule has 3 heteroatoms. The minimum absolute atomic E-state index is 0.209. The molecular formula is C16H17ClIN. The molecule has 0 amide bonds. The Morgan fingerprint density at radius 3 is 2.63 bits per heavy atom. The summed E-state index contributed by atoms with van der Waals surface area (Å²) in [5.41, 5.74) is 2.47. The summed E-state index contributed by atoms with van der Waals surface area (Å²) < 4.78 is 0.209. The number of benzene rings is 1. The standard InChI is InChI=1S/C16H17ClIN/c17-11-12-5-4-6-14-13(12)7-10-19-15(14)16(18)8-2-1-3-9-16/h4-7,10H,1-3,8-9,11H2. The molecule has 0 bridgehead atoms. The number of hydrogen-bond acceptors (Lipinski definition) is 1. The van der Waals surface area contributed by atoms with Gasteiger partial charge in [-0.25, -0.2) is 0 Å². The van der Waals surface area contributed by atoms with Gasteiger partial charge in [-0.3, -0.25) is 4.98 Å². The van der Waals surface area contributed by atoms with Crippen molar-refractivity contribution in [2.24, 2.45) is 0 Å². The van der Waals surface area contributed by atoms with Crippen molar-refractivity contribution in [3.8, 4) is 0 Å². The zero-order valence-corrected chi connectivity index (χ0v) is 13.7. The van der Waals surface area contributed by atoms with E-state index in [0.29, 0.717) is 5.88 Å². The van der Waals surface area contributed by atoms with E-state index < -0.39 is 0 Å². The molecule has 0 N–H and O–H groups in total. The molecule has 1 saturated carbocycles. The second kappa shape index (κ2) is 5.57. The molecule has 1 heterocycles. The lowest BCUT2D eigenvalue weighted by molar-refractivity contribution is 0.421. The third kappa shape index (κ3) is 2.49. The first-order valence-electron chi connectivity index (χ1n) is 6.86. The molecule has 19 heavy (non-hydrogen) atoms. The molecule has 0 aliphatic heterocycles. The van der Waals surface area contributed by atoms with Crippen molar-refractivity contribution >= 4 is 45.0 Å². The van der Waals surface area contributed by atoms with Gasteiger partial charge in [0.05, 0.1) is 9.12 Å². The largest absolute Gasteiger partial charge is 0.259 e. The van der Waals surface area contributed by atoms with Crippen LogP contribution in [-0.2, 0) is 9.30 Å². The summed E-state index contributed by atoms with van der Waals surface area (Å²) in [7, 11) is 0. The molecule has 0 radical (unpaired) electrons. The molecule has 0 spiro atoms. The van der Waals surface area contributed by atoms with Gasteiger partial charge in [0, 0.05) is 17.5 Å². The van der Waals surface area contributed by atoms with Crippen LogP contribution in [-0.4, -0.2) is 4.98 Å². The number of nitrogens with zero attached hydrogens (tertiary/aromatic N) is 1. The first-order chi connectivity index (χ1) is 9.24. The number of aromatic nitrogens is 1.